The minimum absolute atomic E-state index is 0.144. The molecule has 37 heavy (non-hydrogen) atoms. The Morgan fingerprint density at radius 3 is 2.84 bits per heavy atom. The van der Waals surface area contributed by atoms with Gasteiger partial charge >= 0.3 is 0 Å². The number of anilines is 4. The molecule has 4 aliphatic rings. The lowest BCUT2D eigenvalue weighted by atomic mass is 9.94. The number of ether oxygens (including phenoxy) is 2. The second-order valence-corrected chi connectivity index (χ2v) is 9.84. The molecule has 2 unspecified atom stereocenters. The highest BCUT2D eigenvalue weighted by Gasteiger charge is 2.43. The standard InChI is InChI=1S/C27H25N5O5/c1-14-19-10-24(30-15-7-21-26(29-11-15)36-13-17-8-22(33)27(35)32(17)21)28-12-20(19)18-5-4-16(9-23(18)37-14)31-6-2-3-25(31)34/h4-5,7,9-12,14,17,22,33H,2-3,6,8,13H2,1H3,(H,28,30)/t14?,17-,22?/m0/s1. The molecule has 0 saturated carbocycles. The Bertz CT molecular complexity index is 1460. The molecule has 4 aliphatic heterocycles. The Labute approximate surface area is 212 Å². The van der Waals surface area contributed by atoms with Gasteiger partial charge in [0.05, 0.1) is 17.9 Å². The monoisotopic (exact) mass is 499 g/mol. The fraction of sp³-hybridized carbons (Fsp3) is 0.333. The maximum absolute atomic E-state index is 12.5. The number of aromatic nitrogens is 2. The van der Waals surface area contributed by atoms with Crippen LogP contribution < -0.4 is 24.6 Å². The Morgan fingerprint density at radius 2 is 2.00 bits per heavy atom. The summed E-state index contributed by atoms with van der Waals surface area (Å²) >= 11 is 0. The minimum atomic E-state index is -1.02. The third-order valence-electron chi connectivity index (χ3n) is 7.48. The van der Waals surface area contributed by atoms with Crippen molar-refractivity contribution in [3.63, 3.8) is 0 Å². The van der Waals surface area contributed by atoms with Crippen LogP contribution in [-0.2, 0) is 9.59 Å². The summed E-state index contributed by atoms with van der Waals surface area (Å²) in [6.07, 6.45) is 4.02. The first kappa shape index (κ1) is 22.1. The number of aliphatic hydroxyl groups excluding tert-OH is 1. The summed E-state index contributed by atoms with van der Waals surface area (Å²) in [6, 6.07) is 9.43. The number of hydrogen-bond donors (Lipinski definition) is 2. The van der Waals surface area contributed by atoms with Gasteiger partial charge in [0, 0.05) is 54.0 Å². The number of nitrogens with zero attached hydrogens (tertiary/aromatic N) is 4. The lowest BCUT2D eigenvalue weighted by Gasteiger charge is -2.31. The van der Waals surface area contributed by atoms with Gasteiger partial charge < -0.3 is 24.8 Å². The van der Waals surface area contributed by atoms with E-state index in [2.05, 4.69) is 15.3 Å². The van der Waals surface area contributed by atoms with E-state index < -0.39 is 6.10 Å². The van der Waals surface area contributed by atoms with E-state index in [1.807, 2.05) is 42.3 Å². The van der Waals surface area contributed by atoms with Crippen LogP contribution in [0, 0.1) is 0 Å². The quantitative estimate of drug-likeness (QED) is 0.564. The molecule has 10 nitrogen and oxygen atoms in total. The molecule has 1 aromatic carbocycles. The summed E-state index contributed by atoms with van der Waals surface area (Å²) in [5.41, 5.74) is 4.95. The van der Waals surface area contributed by atoms with Crippen molar-refractivity contribution in [1.82, 2.24) is 9.97 Å². The zero-order chi connectivity index (χ0) is 25.3. The average Bonchev–Trinajstić information content (AvgIpc) is 3.46. The van der Waals surface area contributed by atoms with Gasteiger partial charge in [0.2, 0.25) is 11.8 Å². The Balaban J connectivity index is 1.18. The molecule has 188 valence electrons. The average molecular weight is 500 g/mol. The molecule has 0 radical (unpaired) electrons. The number of amides is 2. The molecule has 10 heteroatoms. The molecule has 2 N–H and O–H groups in total. The van der Waals surface area contributed by atoms with Crippen molar-refractivity contribution < 1.29 is 24.2 Å². The van der Waals surface area contributed by atoms with Gasteiger partial charge in [-0.3, -0.25) is 14.5 Å². The van der Waals surface area contributed by atoms with Crippen molar-refractivity contribution in [3.05, 3.63) is 48.3 Å². The van der Waals surface area contributed by atoms with E-state index in [0.29, 0.717) is 42.5 Å². The number of carbonyl (C=O) groups is 2. The number of hydrogen-bond acceptors (Lipinski definition) is 8. The van der Waals surface area contributed by atoms with Crippen molar-refractivity contribution in [2.45, 2.75) is 44.4 Å². The molecule has 6 heterocycles. The lowest BCUT2D eigenvalue weighted by molar-refractivity contribution is -0.124. The predicted molar refractivity (Wildman–Crippen MR) is 135 cm³/mol. The van der Waals surface area contributed by atoms with Crippen molar-refractivity contribution in [3.8, 4) is 22.8 Å². The number of pyridine rings is 2. The summed E-state index contributed by atoms with van der Waals surface area (Å²) in [7, 11) is 0. The van der Waals surface area contributed by atoms with Crippen molar-refractivity contribution in [1.29, 1.82) is 0 Å². The van der Waals surface area contributed by atoms with E-state index >= 15 is 0 Å². The number of benzene rings is 1. The number of nitrogens with one attached hydrogen (secondary N) is 1. The first-order valence-corrected chi connectivity index (χ1v) is 12.5. The molecule has 2 amide bonds. The van der Waals surface area contributed by atoms with Gasteiger partial charge in [-0.15, -0.1) is 0 Å². The molecule has 2 saturated heterocycles. The normalized spacial score (nSPS) is 23.6. The van der Waals surface area contributed by atoms with Gasteiger partial charge in [0.25, 0.3) is 5.91 Å². The van der Waals surface area contributed by atoms with Crippen molar-refractivity contribution >= 4 is 34.7 Å². The number of rotatable bonds is 3. The van der Waals surface area contributed by atoms with Gasteiger partial charge in [-0.05, 0) is 37.6 Å². The summed E-state index contributed by atoms with van der Waals surface area (Å²) in [4.78, 5) is 37.1. The lowest BCUT2D eigenvalue weighted by Crippen LogP contribution is -2.41. The molecule has 2 fully saturated rings. The van der Waals surface area contributed by atoms with Gasteiger partial charge in [0.15, 0.2) is 0 Å². The number of aliphatic hydroxyl groups is 1. The Hall–Kier alpha value is -4.18. The molecule has 2 aromatic heterocycles. The smallest absolute Gasteiger partial charge is 0.256 e. The van der Waals surface area contributed by atoms with E-state index in [0.717, 1.165) is 41.1 Å². The minimum Gasteiger partial charge on any atom is -0.485 e. The predicted octanol–water partition coefficient (Wildman–Crippen LogP) is 3.33. The van der Waals surface area contributed by atoms with Crippen molar-refractivity contribution in [2.24, 2.45) is 0 Å². The first-order chi connectivity index (χ1) is 18.0. The summed E-state index contributed by atoms with van der Waals surface area (Å²) in [5.74, 6) is 1.54. The molecule has 3 aromatic rings. The highest BCUT2D eigenvalue weighted by atomic mass is 16.5. The molecule has 0 bridgehead atoms. The molecule has 0 aliphatic carbocycles. The zero-order valence-electron chi connectivity index (χ0n) is 20.2. The zero-order valence-corrected chi connectivity index (χ0v) is 20.2. The van der Waals surface area contributed by atoms with Crippen molar-refractivity contribution in [2.75, 3.05) is 28.3 Å². The summed E-state index contributed by atoms with van der Waals surface area (Å²) < 4.78 is 12.0. The van der Waals surface area contributed by atoms with Crippen LogP contribution in [0.2, 0.25) is 0 Å². The summed E-state index contributed by atoms with van der Waals surface area (Å²) in [6.45, 7) is 3.04. The van der Waals surface area contributed by atoms with E-state index in [1.54, 1.807) is 17.2 Å². The Morgan fingerprint density at radius 1 is 1.11 bits per heavy atom. The molecule has 3 atom stereocenters. The van der Waals surface area contributed by atoms with E-state index in [1.165, 1.54) is 0 Å². The fourth-order valence-electron chi connectivity index (χ4n) is 5.65. The highest BCUT2D eigenvalue weighted by Crippen LogP contribution is 2.45. The van der Waals surface area contributed by atoms with Crippen LogP contribution in [-0.4, -0.2) is 52.2 Å². The largest absolute Gasteiger partial charge is 0.485 e. The second kappa shape index (κ2) is 8.17. The van der Waals surface area contributed by atoms with E-state index in [9.17, 15) is 14.7 Å². The van der Waals surface area contributed by atoms with Crippen LogP contribution in [0.4, 0.5) is 22.9 Å². The fourth-order valence-corrected chi connectivity index (χ4v) is 5.65. The van der Waals surface area contributed by atoms with Crippen LogP contribution in [0.5, 0.6) is 11.6 Å². The van der Waals surface area contributed by atoms with E-state index in [4.69, 9.17) is 9.47 Å². The van der Waals surface area contributed by atoms with Gasteiger partial charge in [-0.25, -0.2) is 9.97 Å². The molecule has 0 spiro atoms. The maximum atomic E-state index is 12.5. The van der Waals surface area contributed by atoms with Crippen LogP contribution in [0.15, 0.2) is 42.7 Å². The van der Waals surface area contributed by atoms with Crippen LogP contribution in [0.1, 0.15) is 37.9 Å². The number of fused-ring (bicyclic) bond motifs is 6. The molecule has 7 rings (SSSR count). The van der Waals surface area contributed by atoms with Crippen LogP contribution in [0.25, 0.3) is 11.1 Å². The topological polar surface area (TPSA) is 117 Å². The van der Waals surface area contributed by atoms with Gasteiger partial charge in [-0.1, -0.05) is 0 Å². The third kappa shape index (κ3) is 3.51. The van der Waals surface area contributed by atoms with E-state index in [-0.39, 0.29) is 24.0 Å². The third-order valence-corrected chi connectivity index (χ3v) is 7.48. The first-order valence-electron chi connectivity index (χ1n) is 12.5. The summed E-state index contributed by atoms with van der Waals surface area (Å²) in [5, 5.41) is 13.3. The van der Waals surface area contributed by atoms with Crippen LogP contribution in [0.3, 0.4) is 0 Å². The second-order valence-electron chi connectivity index (χ2n) is 9.84. The van der Waals surface area contributed by atoms with Gasteiger partial charge in [0.1, 0.15) is 36.1 Å². The van der Waals surface area contributed by atoms with Gasteiger partial charge in [-0.2, -0.15) is 0 Å². The SMILES string of the molecule is CC1Oc2cc(N3CCCC3=O)ccc2-c2cnc(Nc3cnc4c(c3)N3C(=O)C(O)C[C@H]3CO4)cc21. The Kier molecular flexibility index (Phi) is 4.87. The number of carbonyl (C=O) groups excluding carboxylic acids is 2. The van der Waals surface area contributed by atoms with Crippen LogP contribution >= 0.6 is 0 Å². The molecular formula is C27H25N5O5. The maximum Gasteiger partial charge on any atom is 0.256 e. The highest BCUT2D eigenvalue weighted by molar-refractivity contribution is 6.01. The molecular weight excluding hydrogens is 474 g/mol.